The van der Waals surface area contributed by atoms with Gasteiger partial charge in [0.2, 0.25) is 0 Å². The smallest absolute Gasteiger partial charge is 0.458 e. The Labute approximate surface area is 173 Å². The minimum Gasteiger partial charge on any atom is -0.507 e. The first-order valence-corrected chi connectivity index (χ1v) is 10.1. The van der Waals surface area contributed by atoms with E-state index in [0.717, 1.165) is 28.0 Å². The first-order chi connectivity index (χ1) is 14.0. The molecule has 0 radical (unpaired) electrons. The normalized spacial score (nSPS) is 17.4. The number of aromatic hydroxyl groups is 1. The topological polar surface area (TPSA) is 62.6 Å². The lowest BCUT2D eigenvalue weighted by Crippen LogP contribution is -2.32. The highest BCUT2D eigenvalue weighted by Crippen LogP contribution is 2.33. The molecule has 0 saturated carbocycles. The number of nitrogens with zero attached hydrogens (tertiary/aromatic N) is 1. The number of phenols is 1. The predicted molar refractivity (Wildman–Crippen MR) is 119 cm³/mol. The summed E-state index contributed by atoms with van der Waals surface area (Å²) in [6.07, 6.45) is 7.42. The molecule has 1 aromatic carbocycles. The molecule has 29 heavy (non-hydrogen) atoms. The van der Waals surface area contributed by atoms with Gasteiger partial charge in [-0.25, -0.2) is 0 Å². The lowest BCUT2D eigenvalue weighted by Gasteiger charge is -2.29. The first-order valence-electron chi connectivity index (χ1n) is 10.1. The summed E-state index contributed by atoms with van der Waals surface area (Å²) in [7, 11) is -0.788. The van der Waals surface area contributed by atoms with Crippen molar-refractivity contribution in [3.63, 3.8) is 0 Å². The van der Waals surface area contributed by atoms with Gasteiger partial charge in [0, 0.05) is 18.1 Å². The van der Waals surface area contributed by atoms with Crippen molar-refractivity contribution in [2.45, 2.75) is 39.1 Å². The highest BCUT2D eigenvalue weighted by atomic mass is 16.5. The van der Waals surface area contributed by atoms with E-state index < -0.39 is 7.12 Å². The van der Waals surface area contributed by atoms with Crippen LogP contribution in [0, 0.1) is 5.92 Å². The maximum Gasteiger partial charge on any atom is 0.458 e. The molecule has 2 aromatic rings. The Morgan fingerprint density at radius 1 is 1.28 bits per heavy atom. The number of hydrogen-bond acceptors (Lipinski definition) is 4. The maximum absolute atomic E-state index is 10.2. The Morgan fingerprint density at radius 2 is 2.03 bits per heavy atom. The molecule has 1 aliphatic rings. The van der Waals surface area contributed by atoms with Gasteiger partial charge in [-0.2, -0.15) is 0 Å². The fraction of sp³-hybridized carbons (Fsp3) is 0.292. The van der Waals surface area contributed by atoms with Crippen LogP contribution in [0.1, 0.15) is 37.9 Å². The Balaban J connectivity index is 1.86. The molecular weight excluding hydrogens is 361 g/mol. The number of allylic oxidation sites excluding steroid dienone is 2. The van der Waals surface area contributed by atoms with Crippen LogP contribution in [0.15, 0.2) is 72.5 Å². The summed E-state index contributed by atoms with van der Waals surface area (Å²) >= 11 is 0. The average molecular weight is 389 g/mol. The molecule has 3 rings (SSSR count). The van der Waals surface area contributed by atoms with E-state index in [4.69, 9.17) is 4.65 Å². The summed E-state index contributed by atoms with van der Waals surface area (Å²) in [5.41, 5.74) is 4.74. The molecule has 2 N–H and O–H groups in total. The van der Waals surface area contributed by atoms with E-state index in [2.05, 4.69) is 25.4 Å². The Morgan fingerprint density at radius 3 is 2.72 bits per heavy atom. The van der Waals surface area contributed by atoms with E-state index in [1.54, 1.807) is 18.3 Å². The molecule has 1 aliphatic heterocycles. The van der Waals surface area contributed by atoms with Crippen molar-refractivity contribution < 1.29 is 14.8 Å². The quantitative estimate of drug-likeness (QED) is 0.645. The summed E-state index contributed by atoms with van der Waals surface area (Å²) in [5, 5.41) is 20.2. The summed E-state index contributed by atoms with van der Waals surface area (Å²) in [5.74, 6) is 0.550. The van der Waals surface area contributed by atoms with Crippen molar-refractivity contribution >= 4 is 18.8 Å². The van der Waals surface area contributed by atoms with Crippen molar-refractivity contribution in [1.82, 2.24) is 4.98 Å². The standard InChI is InChI=1S/C24H28BNO3/c1-17(2)18(3)21-13-14-25(28)29-24(21)12-11-19(22-9-6-7-15-26-22)16-20-8-4-5-10-23(20)27/h4-10,13,15-17,24,27-28H,3,11-12,14H2,1-2H3/b19-16-. The minimum absolute atomic E-state index is 0.217. The molecule has 1 aromatic heterocycles. The molecule has 0 saturated heterocycles. The van der Waals surface area contributed by atoms with Gasteiger partial charge >= 0.3 is 7.12 Å². The SMILES string of the molecule is C=C(C1=CCB(O)OC1CC/C(=C/c1ccccc1O)c1ccccn1)C(C)C. The molecule has 0 spiro atoms. The van der Waals surface area contributed by atoms with Crippen LogP contribution in [-0.4, -0.2) is 28.3 Å². The molecule has 5 heteroatoms. The molecule has 0 fully saturated rings. The molecule has 1 atom stereocenters. The number of para-hydroxylation sites is 1. The molecule has 1 unspecified atom stereocenters. The van der Waals surface area contributed by atoms with Crippen LogP contribution in [0.4, 0.5) is 0 Å². The zero-order valence-electron chi connectivity index (χ0n) is 17.1. The summed E-state index contributed by atoms with van der Waals surface area (Å²) in [4.78, 5) is 4.49. The Bertz CT molecular complexity index is 905. The molecule has 4 nitrogen and oxygen atoms in total. The van der Waals surface area contributed by atoms with E-state index >= 15 is 0 Å². The zero-order valence-corrected chi connectivity index (χ0v) is 17.1. The summed E-state index contributed by atoms with van der Waals surface area (Å²) in [6, 6.07) is 13.1. The summed E-state index contributed by atoms with van der Waals surface area (Å²) < 4.78 is 5.86. The number of pyridine rings is 1. The summed E-state index contributed by atoms with van der Waals surface area (Å²) in [6.45, 7) is 8.46. The van der Waals surface area contributed by atoms with Crippen LogP contribution in [0.5, 0.6) is 5.75 Å². The number of phenolic OH excluding ortho intramolecular Hbond substituents is 1. The third kappa shape index (κ3) is 5.46. The molecule has 0 bridgehead atoms. The van der Waals surface area contributed by atoms with E-state index in [1.165, 1.54) is 0 Å². The lowest BCUT2D eigenvalue weighted by molar-refractivity contribution is 0.183. The van der Waals surface area contributed by atoms with Crippen LogP contribution >= 0.6 is 0 Å². The third-order valence-corrected chi connectivity index (χ3v) is 5.21. The van der Waals surface area contributed by atoms with Gasteiger partial charge < -0.3 is 14.8 Å². The predicted octanol–water partition coefficient (Wildman–Crippen LogP) is 5.13. The molecule has 2 heterocycles. The van der Waals surface area contributed by atoms with Gasteiger partial charge in [-0.1, -0.05) is 50.8 Å². The van der Waals surface area contributed by atoms with Crippen molar-refractivity contribution in [3.05, 3.63) is 83.7 Å². The van der Waals surface area contributed by atoms with E-state index in [0.29, 0.717) is 25.1 Å². The largest absolute Gasteiger partial charge is 0.507 e. The van der Waals surface area contributed by atoms with E-state index in [9.17, 15) is 10.1 Å². The molecule has 150 valence electrons. The highest BCUT2D eigenvalue weighted by Gasteiger charge is 2.29. The second kappa shape index (κ2) is 9.72. The van der Waals surface area contributed by atoms with Gasteiger partial charge in [0.25, 0.3) is 0 Å². The fourth-order valence-corrected chi connectivity index (χ4v) is 3.48. The van der Waals surface area contributed by atoms with Crippen molar-refractivity contribution in [2.75, 3.05) is 0 Å². The zero-order chi connectivity index (χ0) is 20.8. The molecular formula is C24H28BNO3. The number of hydrogen-bond donors (Lipinski definition) is 2. The van der Waals surface area contributed by atoms with Crippen LogP contribution in [0.25, 0.3) is 11.6 Å². The Hall–Kier alpha value is -2.63. The van der Waals surface area contributed by atoms with Gasteiger partial charge in [0.15, 0.2) is 0 Å². The second-order valence-electron chi connectivity index (χ2n) is 7.64. The third-order valence-electron chi connectivity index (χ3n) is 5.21. The average Bonchev–Trinajstić information content (AvgIpc) is 2.72. The number of aromatic nitrogens is 1. The van der Waals surface area contributed by atoms with Crippen LogP contribution < -0.4 is 0 Å². The van der Waals surface area contributed by atoms with Gasteiger partial charge in [-0.3, -0.25) is 4.98 Å². The van der Waals surface area contributed by atoms with Crippen molar-refractivity contribution in [3.8, 4) is 5.75 Å². The lowest BCUT2D eigenvalue weighted by atomic mass is 9.76. The van der Waals surface area contributed by atoms with E-state index in [-0.39, 0.29) is 11.9 Å². The number of benzene rings is 1. The van der Waals surface area contributed by atoms with E-state index in [1.807, 2.05) is 42.5 Å². The highest BCUT2D eigenvalue weighted by molar-refractivity contribution is 6.43. The monoisotopic (exact) mass is 389 g/mol. The molecule has 0 aliphatic carbocycles. The molecule has 0 amide bonds. The fourth-order valence-electron chi connectivity index (χ4n) is 3.48. The van der Waals surface area contributed by atoms with Gasteiger partial charge in [0.1, 0.15) is 5.75 Å². The number of rotatable bonds is 7. The van der Waals surface area contributed by atoms with Gasteiger partial charge in [-0.05, 0) is 59.8 Å². The van der Waals surface area contributed by atoms with Crippen LogP contribution in [0.3, 0.4) is 0 Å². The van der Waals surface area contributed by atoms with Crippen molar-refractivity contribution in [1.29, 1.82) is 0 Å². The maximum atomic E-state index is 10.2. The van der Waals surface area contributed by atoms with Crippen LogP contribution in [-0.2, 0) is 4.65 Å². The minimum atomic E-state index is -0.788. The Kier molecular flexibility index (Phi) is 7.07. The first kappa shape index (κ1) is 21.1. The van der Waals surface area contributed by atoms with Gasteiger partial charge in [0.05, 0.1) is 11.8 Å². The van der Waals surface area contributed by atoms with Gasteiger partial charge in [-0.15, -0.1) is 0 Å². The van der Waals surface area contributed by atoms with Crippen molar-refractivity contribution in [2.24, 2.45) is 5.92 Å². The second-order valence-corrected chi connectivity index (χ2v) is 7.64. The van der Waals surface area contributed by atoms with Crippen LogP contribution in [0.2, 0.25) is 6.32 Å².